The second-order valence-electron chi connectivity index (χ2n) is 9.09. The molecular formula is C29H35BrN2OSi. The predicted molar refractivity (Wildman–Crippen MR) is 150 cm³/mol. The fraction of sp³-hybridized carbons (Fsp3) is 0.310. The van der Waals surface area contributed by atoms with Crippen molar-refractivity contribution in [2.75, 3.05) is 0 Å². The molecule has 1 aromatic heterocycles. The van der Waals surface area contributed by atoms with Gasteiger partial charge in [0.15, 0.2) is 8.32 Å². The lowest BCUT2D eigenvalue weighted by molar-refractivity contribution is 0.151. The monoisotopic (exact) mass is 534 g/mol. The molecule has 0 unspecified atom stereocenters. The molecule has 0 radical (unpaired) electrons. The first-order valence-corrected chi connectivity index (χ1v) is 15.6. The van der Waals surface area contributed by atoms with Gasteiger partial charge in [0.1, 0.15) is 0 Å². The van der Waals surface area contributed by atoms with Crippen LogP contribution in [-0.4, -0.2) is 19.3 Å². The molecule has 0 aliphatic heterocycles. The van der Waals surface area contributed by atoms with Crippen LogP contribution in [0.15, 0.2) is 89.5 Å². The summed E-state index contributed by atoms with van der Waals surface area (Å²) in [5.41, 5.74) is 12.0. The quantitative estimate of drug-likeness (QED) is 0.201. The molecule has 0 spiro atoms. The summed E-state index contributed by atoms with van der Waals surface area (Å²) in [6.45, 7) is 6.83. The van der Waals surface area contributed by atoms with Crippen molar-refractivity contribution in [2.45, 2.75) is 57.0 Å². The molecule has 3 nitrogen and oxygen atoms in total. The van der Waals surface area contributed by atoms with E-state index >= 15 is 0 Å². The minimum atomic E-state index is -1.92. The summed E-state index contributed by atoms with van der Waals surface area (Å²) in [6.07, 6.45) is 1.93. The van der Waals surface area contributed by atoms with Crippen molar-refractivity contribution in [3.05, 3.63) is 106 Å². The minimum Gasteiger partial charge on any atom is -0.408 e. The van der Waals surface area contributed by atoms with E-state index in [1.54, 1.807) is 0 Å². The highest BCUT2D eigenvalue weighted by molar-refractivity contribution is 9.10. The van der Waals surface area contributed by atoms with Gasteiger partial charge in [-0.2, -0.15) is 0 Å². The van der Waals surface area contributed by atoms with E-state index in [9.17, 15) is 0 Å². The van der Waals surface area contributed by atoms with Crippen molar-refractivity contribution < 1.29 is 4.43 Å². The maximum absolute atomic E-state index is 7.29. The van der Waals surface area contributed by atoms with Crippen LogP contribution in [-0.2, 0) is 4.43 Å². The number of aromatic amines is 1. The Kier molecular flexibility index (Phi) is 8.09. The summed E-state index contributed by atoms with van der Waals surface area (Å²) < 4.78 is 8.23. The highest BCUT2D eigenvalue weighted by Gasteiger charge is 2.38. The molecule has 3 atom stereocenters. The molecule has 34 heavy (non-hydrogen) atoms. The van der Waals surface area contributed by atoms with Crippen LogP contribution < -0.4 is 5.73 Å². The van der Waals surface area contributed by atoms with Gasteiger partial charge >= 0.3 is 0 Å². The van der Waals surface area contributed by atoms with Crippen molar-refractivity contribution in [3.8, 4) is 0 Å². The number of rotatable bonds is 10. The summed E-state index contributed by atoms with van der Waals surface area (Å²) in [6, 6.07) is 30.6. The van der Waals surface area contributed by atoms with Crippen LogP contribution in [0.5, 0.6) is 0 Å². The smallest absolute Gasteiger partial charge is 0.192 e. The number of fused-ring (bicyclic) bond motifs is 1. The molecule has 0 saturated carbocycles. The van der Waals surface area contributed by atoms with Gasteiger partial charge in [-0.1, -0.05) is 97.4 Å². The van der Waals surface area contributed by atoms with Gasteiger partial charge in [0.2, 0.25) is 0 Å². The van der Waals surface area contributed by atoms with Crippen molar-refractivity contribution >= 4 is 35.2 Å². The SMILES string of the molecule is CC[Si](CC)(CC)O[C@@H](c1ccc(Br)cc1)[C@@H](N)[C@H](c1ccccc1)c1c[nH]c2ccccc12. The molecule has 1 heterocycles. The molecule has 4 rings (SSSR count). The highest BCUT2D eigenvalue weighted by Crippen LogP contribution is 2.40. The van der Waals surface area contributed by atoms with Crippen LogP contribution in [0, 0.1) is 0 Å². The third kappa shape index (κ3) is 5.08. The minimum absolute atomic E-state index is 0.0109. The van der Waals surface area contributed by atoms with Crippen molar-refractivity contribution in [3.63, 3.8) is 0 Å². The fourth-order valence-corrected chi connectivity index (χ4v) is 8.18. The average molecular weight is 536 g/mol. The number of para-hydroxylation sites is 1. The van der Waals surface area contributed by atoms with Gasteiger partial charge in [-0.3, -0.25) is 0 Å². The van der Waals surface area contributed by atoms with Gasteiger partial charge in [-0.25, -0.2) is 0 Å². The summed E-state index contributed by atoms with van der Waals surface area (Å²) in [5, 5.41) is 1.21. The molecule has 0 aliphatic rings. The number of nitrogens with two attached hydrogens (primary N) is 1. The van der Waals surface area contributed by atoms with Gasteiger partial charge in [0, 0.05) is 33.5 Å². The molecule has 0 fully saturated rings. The Balaban J connectivity index is 1.86. The van der Waals surface area contributed by atoms with E-state index in [0.29, 0.717) is 0 Å². The Morgan fingerprint density at radius 1 is 0.824 bits per heavy atom. The number of benzene rings is 3. The van der Waals surface area contributed by atoms with Crippen LogP contribution in [0.2, 0.25) is 18.1 Å². The number of hydrogen-bond donors (Lipinski definition) is 2. The Bertz CT molecular complexity index is 1180. The van der Waals surface area contributed by atoms with E-state index in [4.69, 9.17) is 10.2 Å². The number of hydrogen-bond acceptors (Lipinski definition) is 2. The number of nitrogens with one attached hydrogen (secondary N) is 1. The van der Waals surface area contributed by atoms with E-state index in [0.717, 1.165) is 33.7 Å². The van der Waals surface area contributed by atoms with Crippen LogP contribution >= 0.6 is 15.9 Å². The van der Waals surface area contributed by atoms with Crippen molar-refractivity contribution in [1.82, 2.24) is 4.98 Å². The van der Waals surface area contributed by atoms with Crippen LogP contribution in [0.25, 0.3) is 10.9 Å². The second-order valence-corrected chi connectivity index (χ2v) is 14.7. The Labute approximate surface area is 213 Å². The molecule has 3 aromatic carbocycles. The summed E-state index contributed by atoms with van der Waals surface area (Å²) >= 11 is 3.59. The maximum Gasteiger partial charge on any atom is 0.192 e. The van der Waals surface area contributed by atoms with Crippen molar-refractivity contribution in [2.24, 2.45) is 5.73 Å². The molecule has 0 amide bonds. The predicted octanol–water partition coefficient (Wildman–Crippen LogP) is 8.15. The van der Waals surface area contributed by atoms with E-state index in [1.165, 1.54) is 16.5 Å². The molecule has 0 saturated heterocycles. The van der Waals surface area contributed by atoms with Gasteiger partial charge in [-0.15, -0.1) is 0 Å². The summed E-state index contributed by atoms with van der Waals surface area (Å²) in [5.74, 6) is -0.0109. The van der Waals surface area contributed by atoms with E-state index in [2.05, 4.69) is 127 Å². The lowest BCUT2D eigenvalue weighted by atomic mass is 9.81. The topological polar surface area (TPSA) is 51.0 Å². The zero-order valence-electron chi connectivity index (χ0n) is 20.3. The number of halogens is 1. The molecule has 0 aliphatic carbocycles. The number of H-pyrrole nitrogens is 1. The van der Waals surface area contributed by atoms with Gasteiger partial charge in [0.25, 0.3) is 0 Å². The largest absolute Gasteiger partial charge is 0.408 e. The zero-order valence-corrected chi connectivity index (χ0v) is 22.9. The summed E-state index contributed by atoms with van der Waals surface area (Å²) in [7, 11) is -1.92. The summed E-state index contributed by atoms with van der Waals surface area (Å²) in [4.78, 5) is 3.47. The normalized spacial score (nSPS) is 14.7. The highest BCUT2D eigenvalue weighted by atomic mass is 79.9. The lowest BCUT2D eigenvalue weighted by Crippen LogP contribution is -2.45. The lowest BCUT2D eigenvalue weighted by Gasteiger charge is -2.39. The Morgan fingerprint density at radius 3 is 2.09 bits per heavy atom. The molecular weight excluding hydrogens is 500 g/mol. The third-order valence-corrected chi connectivity index (χ3v) is 12.5. The van der Waals surface area contributed by atoms with Crippen LogP contribution in [0.3, 0.4) is 0 Å². The van der Waals surface area contributed by atoms with Gasteiger partial charge in [-0.05, 0) is 53.0 Å². The molecule has 3 N–H and O–H groups in total. The molecule has 4 aromatic rings. The van der Waals surface area contributed by atoms with E-state index in [1.807, 2.05) is 0 Å². The number of aromatic nitrogens is 1. The maximum atomic E-state index is 7.29. The van der Waals surface area contributed by atoms with E-state index in [-0.39, 0.29) is 18.1 Å². The Morgan fingerprint density at radius 2 is 1.44 bits per heavy atom. The molecule has 0 bridgehead atoms. The first kappa shape index (κ1) is 24.9. The third-order valence-electron chi connectivity index (χ3n) is 7.36. The fourth-order valence-electron chi connectivity index (χ4n) is 5.09. The van der Waals surface area contributed by atoms with Crippen LogP contribution in [0.4, 0.5) is 0 Å². The molecule has 178 valence electrons. The van der Waals surface area contributed by atoms with Crippen molar-refractivity contribution in [1.29, 1.82) is 0 Å². The first-order valence-electron chi connectivity index (χ1n) is 12.3. The first-order chi connectivity index (χ1) is 16.5. The zero-order chi connectivity index (χ0) is 24.1. The van der Waals surface area contributed by atoms with Gasteiger partial charge in [0.05, 0.1) is 6.10 Å². The van der Waals surface area contributed by atoms with E-state index < -0.39 is 8.32 Å². The standard InChI is InChI=1S/C29H35BrN2OSi/c1-4-34(5-2,6-3)33-29(22-16-18-23(30)19-17-22)28(31)27(21-12-8-7-9-13-21)25-20-32-26-15-11-10-14-24(25)26/h7-20,27-29,32H,4-6,31H2,1-3H3/t27-,28+,29+/m1/s1. The van der Waals surface area contributed by atoms with Crippen LogP contribution in [0.1, 0.15) is 49.5 Å². The van der Waals surface area contributed by atoms with Gasteiger partial charge < -0.3 is 15.1 Å². The molecule has 5 heteroatoms. The average Bonchev–Trinajstić information content (AvgIpc) is 3.30. The Hall–Kier alpha value is -2.18. The second kappa shape index (κ2) is 11.0.